The van der Waals surface area contributed by atoms with Crippen LogP contribution in [0.2, 0.25) is 19.6 Å². The number of hydrogen-bond donors (Lipinski definition) is 0. The maximum atomic E-state index is 6.35. The van der Waals surface area contributed by atoms with Gasteiger partial charge in [-0.3, -0.25) is 0 Å². The summed E-state index contributed by atoms with van der Waals surface area (Å²) in [5, 5.41) is 5.73. The average Bonchev–Trinajstić information content (AvgIpc) is 3.63. The van der Waals surface area contributed by atoms with Crippen LogP contribution in [0.1, 0.15) is 25.3 Å². The van der Waals surface area contributed by atoms with Crippen molar-refractivity contribution in [1.82, 2.24) is 9.97 Å². The van der Waals surface area contributed by atoms with Crippen LogP contribution in [0.15, 0.2) is 118 Å². The van der Waals surface area contributed by atoms with Crippen LogP contribution in [0, 0.1) is 12.1 Å². The topological polar surface area (TPSA) is 52.1 Å². The second-order valence-electron chi connectivity index (χ2n) is 12.7. The van der Waals surface area contributed by atoms with Gasteiger partial charge in [-0.1, -0.05) is 86.4 Å². The van der Waals surface area contributed by atoms with Gasteiger partial charge in [-0.2, -0.15) is 0 Å². The van der Waals surface area contributed by atoms with Gasteiger partial charge < -0.3 is 18.8 Å². The van der Waals surface area contributed by atoms with E-state index in [1.807, 2.05) is 73.1 Å². The Hall–Kier alpha value is -4.35. The second kappa shape index (κ2) is 12.8. The fraction of sp³-hybridized carbons (Fsp3) is 0.150. The Labute approximate surface area is 283 Å². The zero-order chi connectivity index (χ0) is 31.1. The fourth-order valence-corrected chi connectivity index (χ4v) is 6.76. The summed E-state index contributed by atoms with van der Waals surface area (Å²) in [6.07, 6.45) is 3.88. The van der Waals surface area contributed by atoms with Gasteiger partial charge in [-0.15, -0.1) is 54.1 Å². The van der Waals surface area contributed by atoms with Crippen LogP contribution in [-0.4, -0.2) is 18.0 Å². The van der Waals surface area contributed by atoms with Gasteiger partial charge in [0.25, 0.3) is 0 Å². The van der Waals surface area contributed by atoms with Crippen LogP contribution >= 0.6 is 0 Å². The normalized spacial score (nSPS) is 11.6. The summed E-state index contributed by atoms with van der Waals surface area (Å²) in [5.41, 5.74) is 8.51. The number of rotatable bonds is 4. The number of fused-ring (bicyclic) bond motifs is 7. The smallest absolute Gasteiger partial charge is 0.136 e. The molecule has 0 atom stereocenters. The Kier molecular flexibility index (Phi) is 8.80. The van der Waals surface area contributed by atoms with Crippen LogP contribution in [0.4, 0.5) is 0 Å². The molecule has 4 aromatic carbocycles. The molecule has 0 aliphatic carbocycles. The van der Waals surface area contributed by atoms with E-state index in [9.17, 15) is 0 Å². The molecule has 46 heavy (non-hydrogen) atoms. The quantitative estimate of drug-likeness (QED) is 0.132. The Balaban J connectivity index is 0.000000187. The molecule has 0 aliphatic rings. The van der Waals surface area contributed by atoms with Crippen LogP contribution in [-0.2, 0) is 20.1 Å². The molecule has 4 aromatic heterocycles. The van der Waals surface area contributed by atoms with Gasteiger partial charge in [0.2, 0.25) is 0 Å². The Morgan fingerprint density at radius 1 is 0.674 bits per heavy atom. The van der Waals surface area contributed by atoms with Gasteiger partial charge >= 0.3 is 0 Å². The van der Waals surface area contributed by atoms with E-state index in [-0.39, 0.29) is 20.1 Å². The number of pyridine rings is 2. The molecule has 231 valence electrons. The molecule has 0 N–H and O–H groups in total. The van der Waals surface area contributed by atoms with E-state index in [1.165, 1.54) is 10.8 Å². The van der Waals surface area contributed by atoms with E-state index >= 15 is 0 Å². The molecule has 0 bridgehead atoms. The molecule has 6 heteroatoms. The molecule has 0 saturated heterocycles. The van der Waals surface area contributed by atoms with Gasteiger partial charge in [-0.25, -0.2) is 0 Å². The third-order valence-corrected chi connectivity index (χ3v) is 10.3. The first-order valence-corrected chi connectivity index (χ1v) is 18.8. The predicted octanol–water partition coefficient (Wildman–Crippen LogP) is 10.6. The van der Waals surface area contributed by atoms with Crippen molar-refractivity contribution in [2.75, 3.05) is 0 Å². The summed E-state index contributed by atoms with van der Waals surface area (Å²) < 4.78 is 12.4. The first kappa shape index (κ1) is 31.6. The third-order valence-electron chi connectivity index (χ3n) is 8.26. The predicted molar refractivity (Wildman–Crippen MR) is 189 cm³/mol. The van der Waals surface area contributed by atoms with Gasteiger partial charge in [-0.05, 0) is 46.8 Å². The van der Waals surface area contributed by atoms with Gasteiger partial charge in [0.05, 0.1) is 13.7 Å². The second-order valence-corrected chi connectivity index (χ2v) is 17.8. The van der Waals surface area contributed by atoms with Crippen molar-refractivity contribution >= 4 is 57.1 Å². The number of nitrogens with zero attached hydrogens (tertiary/aromatic N) is 2. The van der Waals surface area contributed by atoms with Crippen LogP contribution in [0.5, 0.6) is 0 Å². The van der Waals surface area contributed by atoms with Crippen molar-refractivity contribution in [3.63, 3.8) is 0 Å². The standard InChI is InChI=1S/C26H18NO2.C14H16NSi.Ir/c1-15(2)16-12-13-27-20(14-16)17-7-5-8-19-25-23(29-26(17)19)11-10-22-24(25)18-6-3-4-9-21(18)28-22;1-16(2,3)13-9-10-14(15-11-13)12-7-5-4-6-8-12;/h3-6,8-15H,1-2H3;4-7,9-11H,1-3H3;/q2*-1;. The number of benzene rings is 4. The molecule has 0 fully saturated rings. The number of hydrogen-bond acceptors (Lipinski definition) is 4. The van der Waals surface area contributed by atoms with Crippen molar-refractivity contribution < 1.29 is 28.9 Å². The first-order chi connectivity index (χ1) is 21.8. The molecule has 8 aromatic rings. The minimum Gasteiger partial charge on any atom is -0.501 e. The molecule has 0 amide bonds. The summed E-state index contributed by atoms with van der Waals surface area (Å²) in [6, 6.07) is 39.1. The van der Waals surface area contributed by atoms with Crippen molar-refractivity contribution in [3.8, 4) is 22.5 Å². The molecular formula is C40H34IrN2O2Si-2. The van der Waals surface area contributed by atoms with E-state index in [0.717, 1.165) is 66.4 Å². The zero-order valence-electron chi connectivity index (χ0n) is 26.5. The summed E-state index contributed by atoms with van der Waals surface area (Å²) in [7, 11) is -1.23. The fourth-order valence-electron chi connectivity index (χ4n) is 5.73. The van der Waals surface area contributed by atoms with E-state index in [2.05, 4.69) is 92.0 Å². The number of aromatic nitrogens is 2. The molecule has 0 aliphatic heterocycles. The molecule has 4 nitrogen and oxygen atoms in total. The van der Waals surface area contributed by atoms with Crippen molar-refractivity contribution in [2.45, 2.75) is 39.4 Å². The minimum absolute atomic E-state index is 0. The average molecular weight is 795 g/mol. The SMILES string of the molecule is CC(C)c1ccnc(-c2[c-]ccc3c2oc2ccc4oc5ccccc5c4c23)c1.C[Si](C)(C)c1ccc(-c2[c-]cccc2)nc1.[Ir]. The molecule has 0 spiro atoms. The van der Waals surface area contributed by atoms with Crippen LogP contribution in [0.25, 0.3) is 66.4 Å². The molecule has 0 saturated carbocycles. The molecule has 4 heterocycles. The molecule has 0 unspecified atom stereocenters. The largest absolute Gasteiger partial charge is 0.501 e. The van der Waals surface area contributed by atoms with Crippen LogP contribution in [0.3, 0.4) is 0 Å². The monoisotopic (exact) mass is 795 g/mol. The van der Waals surface area contributed by atoms with Crippen molar-refractivity contribution in [1.29, 1.82) is 0 Å². The Morgan fingerprint density at radius 3 is 2.15 bits per heavy atom. The number of para-hydroxylation sites is 1. The van der Waals surface area contributed by atoms with E-state index in [4.69, 9.17) is 8.83 Å². The van der Waals surface area contributed by atoms with Gasteiger partial charge in [0.1, 0.15) is 16.7 Å². The van der Waals surface area contributed by atoms with Gasteiger partial charge in [0.15, 0.2) is 0 Å². The maximum Gasteiger partial charge on any atom is 0.136 e. The molecule has 1 radical (unpaired) electrons. The summed E-state index contributed by atoms with van der Waals surface area (Å²) in [5.74, 6) is 0.434. The summed E-state index contributed by atoms with van der Waals surface area (Å²) >= 11 is 0. The maximum absolute atomic E-state index is 6.35. The van der Waals surface area contributed by atoms with E-state index < -0.39 is 8.07 Å². The Morgan fingerprint density at radius 2 is 1.43 bits per heavy atom. The minimum atomic E-state index is -1.23. The summed E-state index contributed by atoms with van der Waals surface area (Å²) in [6.45, 7) is 11.4. The summed E-state index contributed by atoms with van der Waals surface area (Å²) in [4.78, 5) is 9.12. The van der Waals surface area contributed by atoms with Crippen molar-refractivity contribution in [2.24, 2.45) is 0 Å². The van der Waals surface area contributed by atoms with E-state index in [0.29, 0.717) is 5.92 Å². The van der Waals surface area contributed by atoms with E-state index in [1.54, 1.807) is 0 Å². The molecule has 8 rings (SSSR count). The third kappa shape index (κ3) is 5.96. The number of furan rings is 2. The van der Waals surface area contributed by atoms with Crippen molar-refractivity contribution in [3.05, 3.63) is 127 Å². The van der Waals surface area contributed by atoms with Gasteiger partial charge in [0, 0.05) is 48.7 Å². The van der Waals surface area contributed by atoms with Crippen LogP contribution < -0.4 is 5.19 Å². The first-order valence-electron chi connectivity index (χ1n) is 15.3. The zero-order valence-corrected chi connectivity index (χ0v) is 29.9. The molecular weight excluding hydrogens is 761 g/mol. The Bertz CT molecular complexity index is 2280.